The maximum Gasteiger partial charge on any atom is 0.332 e. The summed E-state index contributed by atoms with van der Waals surface area (Å²) in [5.41, 5.74) is 0.298. The lowest BCUT2D eigenvalue weighted by Gasteiger charge is -2.13. The number of imidazole rings is 1. The van der Waals surface area contributed by atoms with Crippen LogP contribution in [-0.2, 0) is 20.6 Å². The van der Waals surface area contributed by atoms with Crippen LogP contribution in [0.2, 0.25) is 5.02 Å². The van der Waals surface area contributed by atoms with Gasteiger partial charge in [0.2, 0.25) is 5.95 Å². The second-order valence-corrected chi connectivity index (χ2v) is 6.99. The molecule has 150 valence electrons. The van der Waals surface area contributed by atoms with Gasteiger partial charge in [0.15, 0.2) is 11.2 Å². The van der Waals surface area contributed by atoms with Gasteiger partial charge in [-0.05, 0) is 30.7 Å². The minimum Gasteiger partial charge on any atom is -0.497 e. The van der Waals surface area contributed by atoms with Gasteiger partial charge in [-0.15, -0.1) is 0 Å². The van der Waals surface area contributed by atoms with Gasteiger partial charge >= 0.3 is 5.69 Å². The molecule has 0 spiro atoms. The molecule has 1 aromatic carbocycles. The minimum absolute atomic E-state index is 0.224. The molecule has 1 atom stereocenters. The number of aryl methyl sites for hydroxylation is 1. The number of nitrogens with zero attached hydrogens (tertiary/aromatic N) is 4. The predicted octanol–water partition coefficient (Wildman–Crippen LogP) is 0.937. The normalized spacial score (nSPS) is 12.4. The monoisotopic (exact) mass is 407 g/mol. The fourth-order valence-electron chi connectivity index (χ4n) is 2.94. The van der Waals surface area contributed by atoms with Crippen molar-refractivity contribution in [2.24, 2.45) is 14.1 Å². The smallest absolute Gasteiger partial charge is 0.332 e. The average Bonchev–Trinajstić information content (AvgIpc) is 3.03. The van der Waals surface area contributed by atoms with Crippen LogP contribution in [0.25, 0.3) is 11.2 Å². The van der Waals surface area contributed by atoms with Crippen molar-refractivity contribution in [1.82, 2.24) is 18.7 Å². The Bertz CT molecular complexity index is 1150. The molecule has 0 unspecified atom stereocenters. The van der Waals surface area contributed by atoms with E-state index in [2.05, 4.69) is 10.3 Å². The first-order chi connectivity index (χ1) is 13.2. The third-order valence-corrected chi connectivity index (χ3v) is 4.85. The van der Waals surface area contributed by atoms with Crippen molar-refractivity contribution in [2.75, 3.05) is 19.0 Å². The largest absolute Gasteiger partial charge is 0.497 e. The number of methoxy groups -OCH3 is 1. The summed E-state index contributed by atoms with van der Waals surface area (Å²) < 4.78 is 9.26. The van der Waals surface area contributed by atoms with Gasteiger partial charge in [0.05, 0.1) is 19.8 Å². The Morgan fingerprint density at radius 2 is 2.00 bits per heavy atom. The topological polar surface area (TPSA) is 103 Å². The number of ether oxygens (including phenoxy) is 1. The Labute approximate surface area is 165 Å². The molecule has 10 heteroatoms. The van der Waals surface area contributed by atoms with Crippen molar-refractivity contribution in [3.05, 3.63) is 49.6 Å². The molecule has 9 nitrogen and oxygen atoms in total. The van der Waals surface area contributed by atoms with Crippen molar-refractivity contribution >= 4 is 28.7 Å². The van der Waals surface area contributed by atoms with E-state index in [0.717, 1.165) is 10.1 Å². The molecule has 0 aliphatic rings. The first-order valence-electron chi connectivity index (χ1n) is 8.65. The average molecular weight is 408 g/mol. The number of nitrogens with one attached hydrogen (secondary N) is 1. The molecular weight excluding hydrogens is 386 g/mol. The van der Waals surface area contributed by atoms with Gasteiger partial charge in [-0.2, -0.15) is 4.98 Å². The third kappa shape index (κ3) is 3.50. The van der Waals surface area contributed by atoms with Crippen molar-refractivity contribution in [3.63, 3.8) is 0 Å². The van der Waals surface area contributed by atoms with Crippen LogP contribution in [0.3, 0.4) is 0 Å². The van der Waals surface area contributed by atoms with E-state index in [9.17, 15) is 14.7 Å². The number of hydrogen-bond acceptors (Lipinski definition) is 6. The fourth-order valence-corrected chi connectivity index (χ4v) is 3.12. The van der Waals surface area contributed by atoms with Crippen LogP contribution in [0.4, 0.5) is 5.95 Å². The third-order valence-electron chi connectivity index (χ3n) is 4.48. The van der Waals surface area contributed by atoms with Crippen LogP contribution in [0, 0.1) is 0 Å². The lowest BCUT2D eigenvalue weighted by Crippen LogP contribution is -2.37. The molecule has 2 aromatic heterocycles. The van der Waals surface area contributed by atoms with Crippen LogP contribution >= 0.6 is 11.6 Å². The summed E-state index contributed by atoms with van der Waals surface area (Å²) in [5, 5.41) is 13.2. The van der Waals surface area contributed by atoms with Crippen LogP contribution < -0.4 is 21.3 Å². The summed E-state index contributed by atoms with van der Waals surface area (Å²) in [6.45, 7) is 2.08. The number of aliphatic hydroxyl groups is 1. The summed E-state index contributed by atoms with van der Waals surface area (Å²) in [4.78, 5) is 29.5. The number of anilines is 1. The van der Waals surface area contributed by atoms with Gasteiger partial charge in [0.1, 0.15) is 5.75 Å². The Kier molecular flexibility index (Phi) is 5.48. The maximum absolute atomic E-state index is 12.8. The molecule has 0 radical (unpaired) electrons. The zero-order valence-corrected chi connectivity index (χ0v) is 16.8. The first-order valence-corrected chi connectivity index (χ1v) is 9.03. The molecule has 2 heterocycles. The molecule has 0 amide bonds. The van der Waals surface area contributed by atoms with Crippen molar-refractivity contribution in [1.29, 1.82) is 0 Å². The summed E-state index contributed by atoms with van der Waals surface area (Å²) >= 11 is 6.34. The molecule has 2 N–H and O–H groups in total. The van der Waals surface area contributed by atoms with Crippen LogP contribution in [0.5, 0.6) is 5.75 Å². The van der Waals surface area contributed by atoms with E-state index in [1.807, 2.05) is 0 Å². The molecule has 3 aromatic rings. The van der Waals surface area contributed by atoms with Gasteiger partial charge in [0.25, 0.3) is 5.56 Å². The minimum atomic E-state index is -0.625. The highest BCUT2D eigenvalue weighted by Gasteiger charge is 2.20. The molecule has 28 heavy (non-hydrogen) atoms. The summed E-state index contributed by atoms with van der Waals surface area (Å²) in [7, 11) is 4.53. The van der Waals surface area contributed by atoms with E-state index in [1.165, 1.54) is 11.6 Å². The van der Waals surface area contributed by atoms with E-state index in [-0.39, 0.29) is 24.3 Å². The second-order valence-electron chi connectivity index (χ2n) is 6.59. The lowest BCUT2D eigenvalue weighted by atomic mass is 10.2. The van der Waals surface area contributed by atoms with E-state index in [0.29, 0.717) is 16.7 Å². The number of halogens is 1. The van der Waals surface area contributed by atoms with Crippen LogP contribution in [0.15, 0.2) is 27.8 Å². The Hall–Kier alpha value is -2.78. The summed E-state index contributed by atoms with van der Waals surface area (Å²) in [5.74, 6) is 0.982. The molecule has 0 bridgehead atoms. The molecule has 3 rings (SSSR count). The number of hydrogen-bond donors (Lipinski definition) is 2. The molecule has 0 saturated heterocycles. The Morgan fingerprint density at radius 3 is 2.64 bits per heavy atom. The molecule has 0 aliphatic carbocycles. The summed E-state index contributed by atoms with van der Waals surface area (Å²) in [6, 6.07) is 5.23. The van der Waals surface area contributed by atoms with Gasteiger partial charge in [-0.3, -0.25) is 18.5 Å². The van der Waals surface area contributed by atoms with Crippen LogP contribution in [-0.4, -0.2) is 43.6 Å². The predicted molar refractivity (Wildman–Crippen MR) is 107 cm³/mol. The molecular formula is C18H22ClN5O4. The van der Waals surface area contributed by atoms with E-state index >= 15 is 0 Å². The zero-order valence-electron chi connectivity index (χ0n) is 16.1. The number of fused-ring (bicyclic) bond motifs is 1. The number of benzene rings is 1. The highest BCUT2D eigenvalue weighted by atomic mass is 35.5. The van der Waals surface area contributed by atoms with Crippen molar-refractivity contribution < 1.29 is 9.84 Å². The van der Waals surface area contributed by atoms with Gasteiger partial charge < -0.3 is 15.2 Å². The highest BCUT2D eigenvalue weighted by Crippen LogP contribution is 2.25. The highest BCUT2D eigenvalue weighted by molar-refractivity contribution is 6.31. The Balaban J connectivity index is 2.25. The number of rotatable bonds is 6. The van der Waals surface area contributed by atoms with E-state index in [4.69, 9.17) is 16.3 Å². The maximum atomic E-state index is 12.8. The molecule has 0 saturated carbocycles. The Morgan fingerprint density at radius 1 is 1.29 bits per heavy atom. The summed E-state index contributed by atoms with van der Waals surface area (Å²) in [6.07, 6.45) is -0.625. The number of aromatic nitrogens is 4. The lowest BCUT2D eigenvalue weighted by molar-refractivity contribution is 0.208. The van der Waals surface area contributed by atoms with E-state index < -0.39 is 17.4 Å². The second kappa shape index (κ2) is 7.69. The first kappa shape index (κ1) is 20.0. The van der Waals surface area contributed by atoms with E-state index in [1.54, 1.807) is 43.8 Å². The van der Waals surface area contributed by atoms with Crippen molar-refractivity contribution in [2.45, 2.75) is 19.6 Å². The van der Waals surface area contributed by atoms with Gasteiger partial charge in [-0.25, -0.2) is 4.79 Å². The fraction of sp³-hybridized carbons (Fsp3) is 0.389. The molecule has 0 aliphatic heterocycles. The van der Waals surface area contributed by atoms with Gasteiger partial charge in [0, 0.05) is 25.7 Å². The standard InChI is InChI=1S/C18H22ClN5O4/c1-10(25)8-20-17-21-15-14(16(26)23(3)18(27)22(15)2)24(17)9-11-7-12(28-4)5-6-13(11)19/h5-7,10,25H,8-9H2,1-4H3,(H,20,21)/t10-/m0/s1. The zero-order chi connectivity index (χ0) is 20.6. The van der Waals surface area contributed by atoms with Gasteiger partial charge in [-0.1, -0.05) is 11.6 Å². The quantitative estimate of drug-likeness (QED) is 0.630. The number of aliphatic hydroxyl groups excluding tert-OH is 1. The van der Waals surface area contributed by atoms with Crippen LogP contribution in [0.1, 0.15) is 12.5 Å². The SMILES string of the molecule is COc1ccc(Cl)c(Cn2c(NC[C@H](C)O)nc3c2c(=O)n(C)c(=O)n3C)c1. The van der Waals surface area contributed by atoms with Crippen molar-refractivity contribution in [3.8, 4) is 5.75 Å². The molecule has 0 fully saturated rings.